The van der Waals surface area contributed by atoms with Crippen molar-refractivity contribution in [1.29, 1.82) is 0 Å². The Morgan fingerprint density at radius 2 is 2.35 bits per heavy atom. The molecule has 1 aromatic heterocycles. The van der Waals surface area contributed by atoms with Gasteiger partial charge in [-0.2, -0.15) is 0 Å². The SMILES string of the molecule is COCC(O)CNS(=O)(=O)c1cccnc1Cl. The third-order valence-electron chi connectivity index (χ3n) is 1.88. The fourth-order valence-electron chi connectivity index (χ4n) is 1.11. The van der Waals surface area contributed by atoms with Gasteiger partial charge in [-0.15, -0.1) is 0 Å². The lowest BCUT2D eigenvalue weighted by Crippen LogP contribution is -2.34. The number of aromatic nitrogens is 1. The van der Waals surface area contributed by atoms with E-state index in [-0.39, 0.29) is 23.2 Å². The largest absolute Gasteiger partial charge is 0.389 e. The number of rotatable bonds is 6. The maximum Gasteiger partial charge on any atom is 0.243 e. The van der Waals surface area contributed by atoms with E-state index in [0.29, 0.717) is 0 Å². The van der Waals surface area contributed by atoms with Crippen molar-refractivity contribution < 1.29 is 18.3 Å². The molecule has 0 aliphatic heterocycles. The van der Waals surface area contributed by atoms with Crippen molar-refractivity contribution in [2.45, 2.75) is 11.0 Å². The Balaban J connectivity index is 2.73. The first-order chi connectivity index (χ1) is 7.97. The van der Waals surface area contributed by atoms with Gasteiger partial charge in [-0.1, -0.05) is 11.6 Å². The highest BCUT2D eigenvalue weighted by Crippen LogP contribution is 2.17. The average Bonchev–Trinajstić information content (AvgIpc) is 2.27. The summed E-state index contributed by atoms with van der Waals surface area (Å²) in [5.74, 6) is 0. The lowest BCUT2D eigenvalue weighted by atomic mass is 10.4. The Morgan fingerprint density at radius 1 is 1.65 bits per heavy atom. The number of hydrogen-bond acceptors (Lipinski definition) is 5. The lowest BCUT2D eigenvalue weighted by Gasteiger charge is -2.11. The molecule has 1 heterocycles. The first kappa shape index (κ1) is 14.3. The number of nitrogens with one attached hydrogen (secondary N) is 1. The van der Waals surface area contributed by atoms with Gasteiger partial charge in [0.25, 0.3) is 0 Å². The van der Waals surface area contributed by atoms with Crippen molar-refractivity contribution in [3.8, 4) is 0 Å². The number of aliphatic hydroxyl groups is 1. The molecule has 1 unspecified atom stereocenters. The fraction of sp³-hybridized carbons (Fsp3) is 0.444. The maximum absolute atomic E-state index is 11.8. The summed E-state index contributed by atoms with van der Waals surface area (Å²) in [5.41, 5.74) is 0. The predicted molar refractivity (Wildman–Crippen MR) is 62.3 cm³/mol. The Kier molecular flexibility index (Phi) is 5.29. The predicted octanol–water partition coefficient (Wildman–Crippen LogP) is 0.0206. The van der Waals surface area contributed by atoms with Gasteiger partial charge < -0.3 is 9.84 Å². The first-order valence-corrected chi connectivity index (χ1v) is 6.60. The third kappa shape index (κ3) is 4.21. The van der Waals surface area contributed by atoms with Crippen LogP contribution in [0, 0.1) is 0 Å². The highest BCUT2D eigenvalue weighted by molar-refractivity contribution is 7.89. The molecule has 0 spiro atoms. The smallest absolute Gasteiger partial charge is 0.243 e. The van der Waals surface area contributed by atoms with Crippen molar-refractivity contribution in [3.05, 3.63) is 23.5 Å². The van der Waals surface area contributed by atoms with E-state index in [1.807, 2.05) is 0 Å². The minimum Gasteiger partial charge on any atom is -0.389 e. The second kappa shape index (κ2) is 6.27. The molecule has 0 radical (unpaired) electrons. The highest BCUT2D eigenvalue weighted by atomic mass is 35.5. The van der Waals surface area contributed by atoms with E-state index in [4.69, 9.17) is 11.6 Å². The molecule has 1 aromatic rings. The molecule has 1 atom stereocenters. The fourth-order valence-corrected chi connectivity index (χ4v) is 2.63. The van der Waals surface area contributed by atoms with Crippen molar-refractivity contribution in [1.82, 2.24) is 9.71 Å². The van der Waals surface area contributed by atoms with Gasteiger partial charge in [0.1, 0.15) is 10.0 Å². The molecule has 0 saturated heterocycles. The summed E-state index contributed by atoms with van der Waals surface area (Å²) >= 11 is 5.67. The summed E-state index contributed by atoms with van der Waals surface area (Å²) in [6, 6.07) is 2.80. The molecular formula is C9H13ClN2O4S. The van der Waals surface area contributed by atoms with Crippen LogP contribution in [0.5, 0.6) is 0 Å². The molecule has 17 heavy (non-hydrogen) atoms. The van der Waals surface area contributed by atoms with Gasteiger partial charge in [0.2, 0.25) is 10.0 Å². The molecule has 0 amide bonds. The summed E-state index contributed by atoms with van der Waals surface area (Å²) in [4.78, 5) is 3.55. The van der Waals surface area contributed by atoms with Gasteiger partial charge in [-0.3, -0.25) is 0 Å². The van der Waals surface area contributed by atoms with E-state index in [0.717, 1.165) is 0 Å². The Hall–Kier alpha value is -0.730. The zero-order valence-corrected chi connectivity index (χ0v) is 10.7. The van der Waals surface area contributed by atoms with E-state index in [9.17, 15) is 13.5 Å². The van der Waals surface area contributed by atoms with E-state index in [1.54, 1.807) is 0 Å². The normalized spacial score (nSPS) is 13.6. The van der Waals surface area contributed by atoms with Gasteiger partial charge in [0.15, 0.2) is 0 Å². The first-order valence-electron chi connectivity index (χ1n) is 4.74. The number of sulfonamides is 1. The molecule has 0 aliphatic rings. The lowest BCUT2D eigenvalue weighted by molar-refractivity contribution is 0.0679. The molecule has 0 fully saturated rings. The molecule has 6 nitrogen and oxygen atoms in total. The summed E-state index contributed by atoms with van der Waals surface area (Å²) < 4.78 is 30.4. The van der Waals surface area contributed by atoms with E-state index in [1.165, 1.54) is 25.4 Å². The van der Waals surface area contributed by atoms with E-state index >= 15 is 0 Å². The summed E-state index contributed by atoms with van der Waals surface area (Å²) in [6.07, 6.45) is 0.478. The van der Waals surface area contributed by atoms with Crippen molar-refractivity contribution >= 4 is 21.6 Å². The minimum absolute atomic E-state index is 0.0449. The van der Waals surface area contributed by atoms with Crippen molar-refractivity contribution in [2.24, 2.45) is 0 Å². The Labute approximate surface area is 105 Å². The van der Waals surface area contributed by atoms with Gasteiger partial charge in [0, 0.05) is 19.9 Å². The number of hydrogen-bond donors (Lipinski definition) is 2. The summed E-state index contributed by atoms with van der Waals surface area (Å²) in [5, 5.41) is 9.22. The van der Waals surface area contributed by atoms with Crippen LogP contribution in [0.3, 0.4) is 0 Å². The molecule has 0 bridgehead atoms. The third-order valence-corrected chi connectivity index (χ3v) is 3.75. The molecule has 0 aliphatic carbocycles. The average molecular weight is 281 g/mol. The van der Waals surface area contributed by atoms with E-state index in [2.05, 4.69) is 14.4 Å². The molecule has 0 saturated carbocycles. The number of aliphatic hydroxyl groups excluding tert-OH is 1. The van der Waals surface area contributed by atoms with Gasteiger partial charge in [-0.05, 0) is 12.1 Å². The van der Waals surface area contributed by atoms with Crippen LogP contribution >= 0.6 is 11.6 Å². The number of ether oxygens (including phenoxy) is 1. The topological polar surface area (TPSA) is 88.5 Å². The molecule has 96 valence electrons. The second-order valence-corrected chi connectivity index (χ2v) is 5.35. The maximum atomic E-state index is 11.8. The number of halogens is 1. The van der Waals surface area contributed by atoms with Crippen molar-refractivity contribution in [3.63, 3.8) is 0 Å². The van der Waals surface area contributed by atoms with Crippen LogP contribution in [0.25, 0.3) is 0 Å². The second-order valence-electron chi connectivity index (χ2n) is 3.25. The van der Waals surface area contributed by atoms with Crippen LogP contribution < -0.4 is 4.72 Å². The van der Waals surface area contributed by atoms with Gasteiger partial charge in [0.05, 0.1) is 12.7 Å². The quantitative estimate of drug-likeness (QED) is 0.717. The summed E-state index contributed by atoms with van der Waals surface area (Å²) in [6.45, 7) is -0.106. The number of methoxy groups -OCH3 is 1. The molecule has 8 heteroatoms. The molecule has 2 N–H and O–H groups in total. The van der Waals surface area contributed by atoms with Crippen LogP contribution in [0.4, 0.5) is 0 Å². The molecule has 1 rings (SSSR count). The molecule has 0 aromatic carbocycles. The molecular weight excluding hydrogens is 268 g/mol. The monoisotopic (exact) mass is 280 g/mol. The van der Waals surface area contributed by atoms with Gasteiger partial charge >= 0.3 is 0 Å². The standard InChI is InChI=1S/C9H13ClN2O4S/c1-16-6-7(13)5-12-17(14,15)8-3-2-4-11-9(8)10/h2-4,7,12-13H,5-6H2,1H3. The van der Waals surface area contributed by atoms with Crippen molar-refractivity contribution in [2.75, 3.05) is 20.3 Å². The van der Waals surface area contributed by atoms with Crippen LogP contribution in [-0.4, -0.2) is 44.9 Å². The number of pyridine rings is 1. The van der Waals surface area contributed by atoms with Crippen LogP contribution in [0.2, 0.25) is 5.15 Å². The van der Waals surface area contributed by atoms with Crippen LogP contribution in [0.1, 0.15) is 0 Å². The van der Waals surface area contributed by atoms with Crippen LogP contribution in [0.15, 0.2) is 23.2 Å². The van der Waals surface area contributed by atoms with E-state index < -0.39 is 16.1 Å². The highest BCUT2D eigenvalue weighted by Gasteiger charge is 2.19. The van der Waals surface area contributed by atoms with Crippen LogP contribution in [-0.2, 0) is 14.8 Å². The zero-order chi connectivity index (χ0) is 12.9. The zero-order valence-electron chi connectivity index (χ0n) is 9.13. The number of nitrogens with zero attached hydrogens (tertiary/aromatic N) is 1. The summed E-state index contributed by atoms with van der Waals surface area (Å²) in [7, 11) is -2.35. The Bertz CT molecular complexity index is 466. The van der Waals surface area contributed by atoms with Gasteiger partial charge in [-0.25, -0.2) is 18.1 Å². The minimum atomic E-state index is -3.76. The Morgan fingerprint density at radius 3 is 2.94 bits per heavy atom.